The maximum Gasteiger partial charge on any atom is 0.237 e. The second-order valence-electron chi connectivity index (χ2n) is 3.87. The van der Waals surface area contributed by atoms with E-state index in [1.807, 2.05) is 12.2 Å². The van der Waals surface area contributed by atoms with E-state index in [0.717, 1.165) is 25.0 Å². The highest BCUT2D eigenvalue weighted by Gasteiger charge is 2.24. The molecule has 1 aliphatic carbocycles. The highest BCUT2D eigenvalue weighted by molar-refractivity contribution is 9.10. The summed E-state index contributed by atoms with van der Waals surface area (Å²) in [7, 11) is 0. The van der Waals surface area contributed by atoms with E-state index in [9.17, 15) is 4.79 Å². The van der Waals surface area contributed by atoms with Crippen molar-refractivity contribution in [2.24, 2.45) is 5.92 Å². The fourth-order valence-corrected chi connectivity index (χ4v) is 2.43. The molecule has 1 aliphatic heterocycles. The van der Waals surface area contributed by atoms with Crippen LogP contribution in [0, 0.1) is 5.92 Å². The summed E-state index contributed by atoms with van der Waals surface area (Å²) < 4.78 is 0. The van der Waals surface area contributed by atoms with E-state index in [4.69, 9.17) is 0 Å². The molecule has 0 aromatic carbocycles. The minimum absolute atomic E-state index is 0.0183. The van der Waals surface area contributed by atoms with Crippen LogP contribution in [0.15, 0.2) is 23.9 Å². The van der Waals surface area contributed by atoms with E-state index in [1.54, 1.807) is 0 Å². The Bertz CT molecular complexity index is 296. The molecule has 0 saturated carbocycles. The molecule has 2 unspecified atom stereocenters. The van der Waals surface area contributed by atoms with Gasteiger partial charge in [-0.3, -0.25) is 4.79 Å². The van der Waals surface area contributed by atoms with E-state index in [-0.39, 0.29) is 10.7 Å². The van der Waals surface area contributed by atoms with Crippen molar-refractivity contribution in [3.05, 3.63) is 23.9 Å². The summed E-state index contributed by atoms with van der Waals surface area (Å²) in [6.45, 7) is 0. The molecular formula is C11H14BrNO. The van der Waals surface area contributed by atoms with Crippen LogP contribution >= 0.6 is 15.9 Å². The number of amides is 1. The van der Waals surface area contributed by atoms with Crippen molar-refractivity contribution in [1.82, 2.24) is 5.32 Å². The lowest BCUT2D eigenvalue weighted by Crippen LogP contribution is -2.35. The first kappa shape index (κ1) is 9.97. The number of nitrogens with one attached hydrogen (secondary N) is 1. The van der Waals surface area contributed by atoms with E-state index in [2.05, 4.69) is 27.3 Å². The van der Waals surface area contributed by atoms with Gasteiger partial charge in [-0.15, -0.1) is 0 Å². The van der Waals surface area contributed by atoms with Gasteiger partial charge in [-0.1, -0.05) is 34.5 Å². The van der Waals surface area contributed by atoms with Crippen LogP contribution in [-0.2, 0) is 4.79 Å². The first-order chi connectivity index (χ1) is 6.77. The zero-order valence-corrected chi connectivity index (χ0v) is 9.59. The molecule has 2 aliphatic rings. The van der Waals surface area contributed by atoms with Crippen LogP contribution < -0.4 is 5.32 Å². The number of fused-ring (bicyclic) bond motifs is 1. The lowest BCUT2D eigenvalue weighted by Gasteiger charge is -2.26. The van der Waals surface area contributed by atoms with Crippen LogP contribution in [0.4, 0.5) is 0 Å². The van der Waals surface area contributed by atoms with Crippen LogP contribution in [0.25, 0.3) is 0 Å². The minimum atomic E-state index is -0.0183. The highest BCUT2D eigenvalue weighted by Crippen LogP contribution is 2.27. The molecule has 76 valence electrons. The van der Waals surface area contributed by atoms with Crippen molar-refractivity contribution >= 4 is 21.8 Å². The van der Waals surface area contributed by atoms with Crippen LogP contribution in [0.5, 0.6) is 0 Å². The molecule has 0 spiro atoms. The van der Waals surface area contributed by atoms with Gasteiger partial charge in [-0.05, 0) is 25.3 Å². The zero-order chi connectivity index (χ0) is 9.97. The Hall–Kier alpha value is -0.570. The Balaban J connectivity index is 2.14. The topological polar surface area (TPSA) is 29.1 Å². The summed E-state index contributed by atoms with van der Waals surface area (Å²) in [5.74, 6) is 0.639. The first-order valence-corrected chi connectivity index (χ1v) is 6.00. The van der Waals surface area contributed by atoms with Crippen molar-refractivity contribution in [3.63, 3.8) is 0 Å². The summed E-state index contributed by atoms with van der Waals surface area (Å²) >= 11 is 3.40. The molecular weight excluding hydrogens is 242 g/mol. The molecule has 3 heteroatoms. The molecule has 0 radical (unpaired) electrons. The monoisotopic (exact) mass is 255 g/mol. The Kier molecular flexibility index (Phi) is 3.06. The van der Waals surface area contributed by atoms with Crippen LogP contribution in [0.3, 0.4) is 0 Å². The van der Waals surface area contributed by atoms with E-state index >= 15 is 0 Å². The quantitative estimate of drug-likeness (QED) is 0.663. The number of carbonyl (C=O) groups excluding carboxylic acids is 1. The normalized spacial score (nSPS) is 32.4. The lowest BCUT2D eigenvalue weighted by atomic mass is 9.89. The summed E-state index contributed by atoms with van der Waals surface area (Å²) in [6, 6.07) is 0. The number of rotatable bonds is 0. The predicted molar refractivity (Wildman–Crippen MR) is 60.0 cm³/mol. The molecule has 1 N–H and O–H groups in total. The summed E-state index contributed by atoms with van der Waals surface area (Å²) in [6.07, 6.45) is 10.5. The molecule has 0 bridgehead atoms. The molecule has 2 atom stereocenters. The summed E-state index contributed by atoms with van der Waals surface area (Å²) in [5, 5.41) is 2.99. The zero-order valence-electron chi connectivity index (χ0n) is 8.00. The fourth-order valence-electron chi connectivity index (χ4n) is 1.99. The Morgan fingerprint density at radius 3 is 3.14 bits per heavy atom. The number of allylic oxidation sites excluding steroid dienone is 4. The fraction of sp³-hybridized carbons (Fsp3) is 0.545. The van der Waals surface area contributed by atoms with Gasteiger partial charge in [-0.2, -0.15) is 0 Å². The number of carbonyl (C=O) groups is 1. The van der Waals surface area contributed by atoms with Crippen molar-refractivity contribution in [1.29, 1.82) is 0 Å². The molecule has 2 rings (SSSR count). The third-order valence-electron chi connectivity index (χ3n) is 2.83. The Morgan fingerprint density at radius 1 is 1.43 bits per heavy atom. The largest absolute Gasteiger partial charge is 0.329 e. The summed E-state index contributed by atoms with van der Waals surface area (Å²) in [4.78, 5) is 11.6. The van der Waals surface area contributed by atoms with Gasteiger partial charge in [-0.25, -0.2) is 0 Å². The number of hydrogen-bond acceptors (Lipinski definition) is 1. The van der Waals surface area contributed by atoms with Gasteiger partial charge in [0.2, 0.25) is 5.91 Å². The van der Waals surface area contributed by atoms with Gasteiger partial charge in [0, 0.05) is 11.6 Å². The molecule has 0 aromatic rings. The van der Waals surface area contributed by atoms with Crippen LogP contribution in [-0.4, -0.2) is 10.7 Å². The molecule has 0 aromatic heterocycles. The van der Waals surface area contributed by atoms with Gasteiger partial charge in [0.15, 0.2) is 0 Å². The molecule has 1 fully saturated rings. The summed E-state index contributed by atoms with van der Waals surface area (Å²) in [5.41, 5.74) is 1.10. The van der Waals surface area contributed by atoms with Gasteiger partial charge in [0.1, 0.15) is 0 Å². The van der Waals surface area contributed by atoms with Gasteiger partial charge >= 0.3 is 0 Å². The average Bonchev–Trinajstić information content (AvgIpc) is 2.18. The Morgan fingerprint density at radius 2 is 2.29 bits per heavy atom. The Labute approximate surface area is 92.6 Å². The molecule has 2 nitrogen and oxygen atoms in total. The van der Waals surface area contributed by atoms with E-state index in [1.165, 1.54) is 6.42 Å². The van der Waals surface area contributed by atoms with Crippen LogP contribution in [0.2, 0.25) is 0 Å². The second kappa shape index (κ2) is 4.30. The average molecular weight is 256 g/mol. The third-order valence-corrected chi connectivity index (χ3v) is 3.71. The smallest absolute Gasteiger partial charge is 0.237 e. The molecule has 14 heavy (non-hydrogen) atoms. The van der Waals surface area contributed by atoms with E-state index < -0.39 is 0 Å². The maximum atomic E-state index is 11.6. The number of hydrogen-bond donors (Lipinski definition) is 1. The predicted octanol–water partition coefficient (Wildman–Crippen LogP) is 2.51. The molecule has 1 saturated heterocycles. The molecule has 1 heterocycles. The minimum Gasteiger partial charge on any atom is -0.329 e. The van der Waals surface area contributed by atoms with E-state index in [0.29, 0.717) is 5.92 Å². The van der Waals surface area contributed by atoms with Gasteiger partial charge < -0.3 is 5.32 Å². The second-order valence-corrected chi connectivity index (χ2v) is 4.98. The SMILES string of the molecule is O=C1NC2=CC=CCC2CCCC1Br. The van der Waals surface area contributed by atoms with Gasteiger partial charge in [0.05, 0.1) is 4.83 Å². The highest BCUT2D eigenvalue weighted by atomic mass is 79.9. The van der Waals surface area contributed by atoms with Crippen molar-refractivity contribution in [3.8, 4) is 0 Å². The van der Waals surface area contributed by atoms with Crippen molar-refractivity contribution in [2.75, 3.05) is 0 Å². The first-order valence-electron chi connectivity index (χ1n) is 5.09. The standard InChI is InChI=1S/C11H14BrNO/c12-9-6-3-5-8-4-1-2-7-10(8)13-11(9)14/h1-2,7-9H,3-6H2,(H,13,14). The number of halogens is 1. The van der Waals surface area contributed by atoms with Crippen LogP contribution in [0.1, 0.15) is 25.7 Å². The molecule has 1 amide bonds. The third kappa shape index (κ3) is 2.08. The lowest BCUT2D eigenvalue weighted by molar-refractivity contribution is -0.120. The van der Waals surface area contributed by atoms with Gasteiger partial charge in [0.25, 0.3) is 0 Å². The maximum absolute atomic E-state index is 11.6. The van der Waals surface area contributed by atoms with Crippen molar-refractivity contribution < 1.29 is 4.79 Å². The number of alkyl halides is 1. The van der Waals surface area contributed by atoms with Crippen molar-refractivity contribution in [2.45, 2.75) is 30.5 Å².